The van der Waals surface area contributed by atoms with Crippen molar-refractivity contribution in [2.75, 3.05) is 0 Å². The van der Waals surface area contributed by atoms with Crippen LogP contribution < -0.4 is 0 Å². The maximum Gasteiger partial charge on any atom is -0.0178 e. The molecule has 0 aromatic heterocycles. The van der Waals surface area contributed by atoms with Gasteiger partial charge in [-0.2, -0.15) is 0 Å². The van der Waals surface area contributed by atoms with Gasteiger partial charge in [-0.3, -0.25) is 0 Å². The molecule has 0 spiro atoms. The zero-order valence-corrected chi connectivity index (χ0v) is 17.7. The normalized spacial score (nSPS) is 10.1. The molecule has 0 unspecified atom stereocenters. The molecule has 2 rings (SSSR count). The molecule has 2 aromatic carbocycles. The van der Waals surface area contributed by atoms with E-state index in [9.17, 15) is 0 Å². The van der Waals surface area contributed by atoms with Crippen molar-refractivity contribution in [2.45, 2.75) is 69.2 Å². The Morgan fingerprint density at radius 2 is 1.33 bits per heavy atom. The van der Waals surface area contributed by atoms with Crippen LogP contribution in [0.1, 0.15) is 72.1 Å². The highest BCUT2D eigenvalue weighted by Crippen LogP contribution is 2.27. The molecule has 134 valence electrons. The van der Waals surface area contributed by atoms with Gasteiger partial charge in [0, 0.05) is 0 Å². The second kappa shape index (κ2) is 13.6. The molecule has 0 atom stereocenters. The minimum absolute atomic E-state index is 1.24. The fourth-order valence-electron chi connectivity index (χ4n) is 2.30. The van der Waals surface area contributed by atoms with Crippen LogP contribution in [0.5, 0.6) is 0 Å². The lowest BCUT2D eigenvalue weighted by molar-refractivity contribution is 1.39. The third-order valence-corrected chi connectivity index (χ3v) is 3.64. The minimum atomic E-state index is 1.24. The van der Waals surface area contributed by atoms with Crippen LogP contribution in [0.15, 0.2) is 48.6 Å². The van der Waals surface area contributed by atoms with Crippen molar-refractivity contribution in [2.24, 2.45) is 0 Å². The molecule has 0 bridgehead atoms. The highest BCUT2D eigenvalue weighted by Gasteiger charge is 2.05. The lowest BCUT2D eigenvalue weighted by Gasteiger charge is -2.11. The predicted octanol–water partition coefficient (Wildman–Crippen LogP) is 8.51. The van der Waals surface area contributed by atoms with Crippen LogP contribution in [0.4, 0.5) is 0 Å². The third kappa shape index (κ3) is 6.74. The van der Waals surface area contributed by atoms with Gasteiger partial charge in [-0.1, -0.05) is 84.0 Å². The fourth-order valence-corrected chi connectivity index (χ4v) is 2.30. The quantitative estimate of drug-likeness (QED) is 0.485. The van der Waals surface area contributed by atoms with E-state index < -0.39 is 0 Å². The number of fused-ring (bicyclic) bond motifs is 1. The average Bonchev–Trinajstić information content (AvgIpc) is 2.64. The summed E-state index contributed by atoms with van der Waals surface area (Å²) >= 11 is 0. The molecule has 24 heavy (non-hydrogen) atoms. The van der Waals surface area contributed by atoms with E-state index in [1.165, 1.54) is 38.6 Å². The van der Waals surface area contributed by atoms with Gasteiger partial charge in [-0.15, -0.1) is 0 Å². The van der Waals surface area contributed by atoms with Crippen LogP contribution in [0.2, 0.25) is 0 Å². The first-order valence-corrected chi connectivity index (χ1v) is 9.34. The summed E-state index contributed by atoms with van der Waals surface area (Å²) in [6, 6.07) is 11.2. The Labute approximate surface area is 151 Å². The molecular weight excluding hydrogens is 288 g/mol. The highest BCUT2D eigenvalue weighted by molar-refractivity contribution is 5.88. The van der Waals surface area contributed by atoms with Crippen molar-refractivity contribution >= 4 is 16.3 Å². The Balaban J connectivity index is 0. The number of aryl methyl sites for hydroxylation is 2. The molecule has 0 nitrogen and oxygen atoms in total. The molecular formula is C24H38. The largest absolute Gasteiger partial charge is 0.0988 e. The van der Waals surface area contributed by atoms with Crippen LogP contribution in [0, 0.1) is 13.8 Å². The maximum atomic E-state index is 3.85. The molecule has 0 heteroatoms. The van der Waals surface area contributed by atoms with Gasteiger partial charge in [-0.05, 0) is 66.8 Å². The van der Waals surface area contributed by atoms with Crippen molar-refractivity contribution in [3.05, 3.63) is 65.3 Å². The molecule has 0 aliphatic carbocycles. The van der Waals surface area contributed by atoms with Crippen LogP contribution in [-0.2, 0) is 0 Å². The van der Waals surface area contributed by atoms with Gasteiger partial charge in [0.05, 0.1) is 0 Å². The summed E-state index contributed by atoms with van der Waals surface area (Å²) in [4.78, 5) is 0. The molecule has 0 fully saturated rings. The van der Waals surface area contributed by atoms with Crippen LogP contribution in [0.3, 0.4) is 0 Å². The molecule has 0 amide bonds. The summed E-state index contributed by atoms with van der Waals surface area (Å²) < 4.78 is 0. The van der Waals surface area contributed by atoms with Gasteiger partial charge in [0.25, 0.3) is 0 Å². The lowest BCUT2D eigenvalue weighted by atomic mass is 9.94. The molecule has 0 heterocycles. The third-order valence-electron chi connectivity index (χ3n) is 3.64. The van der Waals surface area contributed by atoms with Crippen molar-refractivity contribution in [1.29, 1.82) is 0 Å². The molecule has 0 aliphatic rings. The monoisotopic (exact) mass is 326 g/mol. The Kier molecular flexibility index (Phi) is 13.8. The Bertz CT molecular complexity index is 642. The zero-order valence-electron chi connectivity index (χ0n) is 17.7. The van der Waals surface area contributed by atoms with Gasteiger partial charge in [0.15, 0.2) is 0 Å². The lowest BCUT2D eigenvalue weighted by Crippen LogP contribution is -1.89. The van der Waals surface area contributed by atoms with E-state index in [1.54, 1.807) is 0 Å². The van der Waals surface area contributed by atoms with E-state index in [0.717, 1.165) is 0 Å². The summed E-state index contributed by atoms with van der Waals surface area (Å²) in [6.45, 7) is 24.4. The highest BCUT2D eigenvalue weighted by atomic mass is 14.1. The summed E-state index contributed by atoms with van der Waals surface area (Å²) in [5, 5.41) is 2.62. The van der Waals surface area contributed by atoms with Gasteiger partial charge in [0.1, 0.15) is 0 Å². The molecule has 0 radical (unpaired) electrons. The molecule has 0 saturated carbocycles. The van der Waals surface area contributed by atoms with Crippen molar-refractivity contribution < 1.29 is 0 Å². The van der Waals surface area contributed by atoms with E-state index in [4.69, 9.17) is 0 Å². The number of benzene rings is 2. The first-order valence-electron chi connectivity index (χ1n) is 9.34. The molecule has 2 aromatic rings. The van der Waals surface area contributed by atoms with E-state index in [-0.39, 0.29) is 0 Å². The SMILES string of the molecule is C=C/C(C)=C(\C)c1cc2ccc(C)cc2cc1C.CC.CC.CC. The predicted molar refractivity (Wildman–Crippen MR) is 116 cm³/mol. The van der Waals surface area contributed by atoms with Gasteiger partial charge in [-0.25, -0.2) is 0 Å². The summed E-state index contributed by atoms with van der Waals surface area (Å²) in [5.41, 5.74) is 6.51. The first kappa shape index (κ1) is 24.4. The zero-order chi connectivity index (χ0) is 19.3. The standard InChI is InChI=1S/C18H20.3C2H6/c1-6-13(3)15(5)18-11-16-8-7-12(2)9-17(16)10-14(18)4;3*1-2/h6-11H,1H2,2-5H3;3*1-2H3/b15-13+;;;. The van der Waals surface area contributed by atoms with Crippen molar-refractivity contribution in [3.8, 4) is 0 Å². The van der Waals surface area contributed by atoms with Crippen molar-refractivity contribution in [1.82, 2.24) is 0 Å². The number of hydrogen-bond donors (Lipinski definition) is 0. The van der Waals surface area contributed by atoms with Crippen LogP contribution in [-0.4, -0.2) is 0 Å². The molecule has 0 saturated heterocycles. The van der Waals surface area contributed by atoms with Gasteiger partial charge >= 0.3 is 0 Å². The van der Waals surface area contributed by atoms with Crippen molar-refractivity contribution in [3.63, 3.8) is 0 Å². The van der Waals surface area contributed by atoms with E-state index in [0.29, 0.717) is 0 Å². The number of allylic oxidation sites excluding steroid dienone is 3. The van der Waals surface area contributed by atoms with Gasteiger partial charge < -0.3 is 0 Å². The summed E-state index contributed by atoms with van der Waals surface area (Å²) in [7, 11) is 0. The Morgan fingerprint density at radius 1 is 0.792 bits per heavy atom. The first-order chi connectivity index (χ1) is 11.5. The van der Waals surface area contributed by atoms with Crippen LogP contribution >= 0.6 is 0 Å². The minimum Gasteiger partial charge on any atom is -0.0988 e. The van der Waals surface area contributed by atoms with E-state index in [2.05, 4.69) is 64.6 Å². The van der Waals surface area contributed by atoms with E-state index >= 15 is 0 Å². The number of hydrogen-bond acceptors (Lipinski definition) is 0. The summed E-state index contributed by atoms with van der Waals surface area (Å²) in [5.74, 6) is 0. The Hall–Kier alpha value is -1.82. The van der Waals surface area contributed by atoms with Gasteiger partial charge in [0.2, 0.25) is 0 Å². The Morgan fingerprint density at radius 3 is 1.83 bits per heavy atom. The topological polar surface area (TPSA) is 0 Å². The average molecular weight is 327 g/mol. The summed E-state index contributed by atoms with van der Waals surface area (Å²) in [6.07, 6.45) is 1.92. The number of rotatable bonds is 2. The molecule has 0 N–H and O–H groups in total. The van der Waals surface area contributed by atoms with Crippen LogP contribution in [0.25, 0.3) is 16.3 Å². The smallest absolute Gasteiger partial charge is 0.0178 e. The second-order valence-corrected chi connectivity index (χ2v) is 5.03. The molecule has 0 aliphatic heterocycles. The fraction of sp³-hybridized carbons (Fsp3) is 0.417. The maximum absolute atomic E-state index is 3.85. The second-order valence-electron chi connectivity index (χ2n) is 5.03. The van der Waals surface area contributed by atoms with E-state index in [1.807, 2.05) is 47.6 Å².